The van der Waals surface area contributed by atoms with Crippen LogP contribution in [0.5, 0.6) is 5.75 Å². The Labute approximate surface area is 77.5 Å². The van der Waals surface area contributed by atoms with Crippen molar-refractivity contribution in [2.75, 3.05) is 7.11 Å². The number of methoxy groups -OCH3 is 1. The summed E-state index contributed by atoms with van der Waals surface area (Å²) >= 11 is 5.70. The molecule has 0 atom stereocenters. The number of benzene rings is 1. The molecule has 1 rings (SSSR count). The molecule has 1 aromatic carbocycles. The van der Waals surface area contributed by atoms with Crippen molar-refractivity contribution in [3.05, 3.63) is 29.3 Å². The van der Waals surface area contributed by atoms with Gasteiger partial charge in [0.1, 0.15) is 5.75 Å². The van der Waals surface area contributed by atoms with Gasteiger partial charge in [-0.05, 0) is 12.1 Å². The van der Waals surface area contributed by atoms with Crippen LogP contribution in [0.1, 0.15) is 0 Å². The van der Waals surface area contributed by atoms with Gasteiger partial charge in [-0.25, -0.2) is 0 Å². The molecule has 0 N–H and O–H groups in total. The van der Waals surface area contributed by atoms with Crippen LogP contribution in [0.4, 0.5) is 0 Å². The summed E-state index contributed by atoms with van der Waals surface area (Å²) in [6.07, 6.45) is 0. The molecule has 0 bridgehead atoms. The zero-order valence-corrected chi connectivity index (χ0v) is 6.85. The molecule has 0 heterocycles. The van der Waals surface area contributed by atoms with Crippen molar-refractivity contribution >= 4 is 30.5 Å². The van der Waals surface area contributed by atoms with E-state index in [1.54, 1.807) is 13.2 Å². The molecule has 0 amide bonds. The standard InChI is InChI=1S/C7H7ClO.Li/c1-9-7-5-3-2-4-6(7)8;/h2-5H,1H3;. The van der Waals surface area contributed by atoms with Crippen molar-refractivity contribution in [1.82, 2.24) is 0 Å². The van der Waals surface area contributed by atoms with Crippen molar-refractivity contribution < 1.29 is 4.74 Å². The van der Waals surface area contributed by atoms with Crippen molar-refractivity contribution in [2.24, 2.45) is 0 Å². The molecule has 10 heavy (non-hydrogen) atoms. The maximum absolute atomic E-state index is 5.70. The van der Waals surface area contributed by atoms with E-state index in [-0.39, 0.29) is 18.9 Å². The first-order valence-electron chi connectivity index (χ1n) is 2.63. The molecule has 0 fully saturated rings. The van der Waals surface area contributed by atoms with E-state index in [9.17, 15) is 0 Å². The first kappa shape index (κ1) is 9.91. The van der Waals surface area contributed by atoms with Crippen LogP contribution in [0.25, 0.3) is 0 Å². The first-order chi connectivity index (χ1) is 4.34. The van der Waals surface area contributed by atoms with Crippen LogP contribution in [0.15, 0.2) is 24.3 Å². The van der Waals surface area contributed by atoms with Gasteiger partial charge in [-0.15, -0.1) is 0 Å². The van der Waals surface area contributed by atoms with E-state index in [0.717, 1.165) is 5.75 Å². The SMILES string of the molecule is COc1ccccc1Cl.[Li]. The van der Waals surface area contributed by atoms with Crippen LogP contribution in [-0.2, 0) is 0 Å². The Balaban J connectivity index is 0.000000810. The monoisotopic (exact) mass is 149 g/mol. The van der Waals surface area contributed by atoms with Gasteiger partial charge in [-0.1, -0.05) is 23.7 Å². The maximum atomic E-state index is 5.70. The van der Waals surface area contributed by atoms with Crippen LogP contribution in [-0.4, -0.2) is 26.0 Å². The summed E-state index contributed by atoms with van der Waals surface area (Å²) < 4.78 is 4.91. The predicted molar refractivity (Wildman–Crippen MR) is 43.8 cm³/mol. The summed E-state index contributed by atoms with van der Waals surface area (Å²) in [4.78, 5) is 0. The van der Waals surface area contributed by atoms with E-state index >= 15 is 0 Å². The smallest absolute Gasteiger partial charge is 0.137 e. The van der Waals surface area contributed by atoms with E-state index in [1.807, 2.05) is 18.2 Å². The Bertz CT molecular complexity index is 203. The molecule has 0 saturated carbocycles. The third-order valence-corrected chi connectivity index (χ3v) is 1.37. The van der Waals surface area contributed by atoms with Crippen molar-refractivity contribution in [3.63, 3.8) is 0 Å². The van der Waals surface area contributed by atoms with E-state index in [4.69, 9.17) is 16.3 Å². The molecule has 0 aromatic heterocycles. The summed E-state index contributed by atoms with van der Waals surface area (Å²) in [6.45, 7) is 0. The number of ether oxygens (including phenoxy) is 1. The van der Waals surface area contributed by atoms with Crippen LogP contribution in [0, 0.1) is 0 Å². The van der Waals surface area contributed by atoms with Gasteiger partial charge in [-0.2, -0.15) is 0 Å². The second-order valence-corrected chi connectivity index (χ2v) is 2.04. The largest absolute Gasteiger partial charge is 0.495 e. The molecule has 1 nitrogen and oxygen atoms in total. The molecule has 1 radical (unpaired) electrons. The number of hydrogen-bond donors (Lipinski definition) is 0. The van der Waals surface area contributed by atoms with Gasteiger partial charge < -0.3 is 4.74 Å². The number of para-hydroxylation sites is 1. The summed E-state index contributed by atoms with van der Waals surface area (Å²) in [6, 6.07) is 7.36. The van der Waals surface area contributed by atoms with Gasteiger partial charge in [-0.3, -0.25) is 0 Å². The summed E-state index contributed by atoms with van der Waals surface area (Å²) in [7, 11) is 1.60. The third-order valence-electron chi connectivity index (χ3n) is 1.06. The van der Waals surface area contributed by atoms with Gasteiger partial charge in [0.05, 0.1) is 12.1 Å². The molecule has 0 unspecified atom stereocenters. The fourth-order valence-corrected chi connectivity index (χ4v) is 0.823. The van der Waals surface area contributed by atoms with Crippen LogP contribution in [0.3, 0.4) is 0 Å². The van der Waals surface area contributed by atoms with Crippen molar-refractivity contribution in [3.8, 4) is 5.75 Å². The van der Waals surface area contributed by atoms with Crippen molar-refractivity contribution in [2.45, 2.75) is 0 Å². The van der Waals surface area contributed by atoms with E-state index in [2.05, 4.69) is 0 Å². The fraction of sp³-hybridized carbons (Fsp3) is 0.143. The van der Waals surface area contributed by atoms with Crippen LogP contribution < -0.4 is 4.74 Å². The topological polar surface area (TPSA) is 9.23 Å². The molecular formula is C7H7ClLiO. The molecular weight excluding hydrogens is 142 g/mol. The van der Waals surface area contributed by atoms with Gasteiger partial charge in [0, 0.05) is 18.9 Å². The van der Waals surface area contributed by atoms with E-state index in [1.165, 1.54) is 0 Å². The summed E-state index contributed by atoms with van der Waals surface area (Å²) in [5.74, 6) is 0.721. The van der Waals surface area contributed by atoms with Gasteiger partial charge in [0.15, 0.2) is 0 Å². The molecule has 0 aliphatic carbocycles. The van der Waals surface area contributed by atoms with Crippen LogP contribution >= 0.6 is 11.6 Å². The molecule has 0 spiro atoms. The minimum atomic E-state index is 0. The minimum absolute atomic E-state index is 0. The molecule has 1 aromatic rings. The maximum Gasteiger partial charge on any atom is 0.137 e. The Hall–Kier alpha value is -0.0926. The fourth-order valence-electron chi connectivity index (χ4n) is 0.610. The zero-order chi connectivity index (χ0) is 6.69. The minimum Gasteiger partial charge on any atom is -0.495 e. The Morgan fingerprint density at radius 3 is 2.30 bits per heavy atom. The Morgan fingerprint density at radius 1 is 1.30 bits per heavy atom. The average Bonchev–Trinajstić information content (AvgIpc) is 1.89. The quantitative estimate of drug-likeness (QED) is 0.555. The Morgan fingerprint density at radius 2 is 1.90 bits per heavy atom. The molecule has 0 aliphatic rings. The molecule has 0 aliphatic heterocycles. The zero-order valence-electron chi connectivity index (χ0n) is 6.10. The Kier molecular flexibility index (Phi) is 4.64. The van der Waals surface area contributed by atoms with Gasteiger partial charge in [0.2, 0.25) is 0 Å². The second-order valence-electron chi connectivity index (χ2n) is 1.63. The normalized spacial score (nSPS) is 8.20. The molecule has 49 valence electrons. The number of rotatable bonds is 1. The van der Waals surface area contributed by atoms with Crippen molar-refractivity contribution in [1.29, 1.82) is 0 Å². The summed E-state index contributed by atoms with van der Waals surface area (Å²) in [5, 5.41) is 0.653. The predicted octanol–water partition coefficient (Wildman–Crippen LogP) is 1.97. The first-order valence-corrected chi connectivity index (χ1v) is 3.01. The summed E-state index contributed by atoms with van der Waals surface area (Å²) in [5.41, 5.74) is 0. The van der Waals surface area contributed by atoms with Crippen LogP contribution in [0.2, 0.25) is 5.02 Å². The number of halogens is 1. The molecule has 0 saturated heterocycles. The average molecular weight is 150 g/mol. The number of hydrogen-bond acceptors (Lipinski definition) is 1. The van der Waals surface area contributed by atoms with Gasteiger partial charge >= 0.3 is 0 Å². The second kappa shape index (κ2) is 4.68. The third kappa shape index (κ3) is 2.26. The molecule has 3 heteroatoms. The van der Waals surface area contributed by atoms with E-state index in [0.29, 0.717) is 5.02 Å². The van der Waals surface area contributed by atoms with E-state index < -0.39 is 0 Å². The van der Waals surface area contributed by atoms with Gasteiger partial charge in [0.25, 0.3) is 0 Å².